The molecule has 0 bridgehead atoms. The summed E-state index contributed by atoms with van der Waals surface area (Å²) >= 11 is 0. The maximum atomic E-state index is 12.9. The summed E-state index contributed by atoms with van der Waals surface area (Å²) < 4.78 is 34.3. The van der Waals surface area contributed by atoms with E-state index in [0.717, 1.165) is 77.0 Å². The molecule has 0 radical (unpaired) electrons. The number of carbonyl (C=O) groups is 2. The van der Waals surface area contributed by atoms with Gasteiger partial charge in [-0.3, -0.25) is 14.2 Å². The topological polar surface area (TPSA) is 111 Å². The first kappa shape index (κ1) is 83.2. The maximum Gasteiger partial charge on any atom is 0.306 e. The predicted octanol–water partition coefficient (Wildman–Crippen LogP) is 23.1. The Morgan fingerprint density at radius 3 is 0.988 bits per heavy atom. The van der Waals surface area contributed by atoms with Crippen molar-refractivity contribution < 1.29 is 42.1 Å². The average Bonchev–Trinajstić information content (AvgIpc) is 3.67. The van der Waals surface area contributed by atoms with Crippen LogP contribution in [0.3, 0.4) is 0 Å². The Hall–Kier alpha value is -2.81. The van der Waals surface area contributed by atoms with E-state index in [4.69, 9.17) is 18.5 Å². The highest BCUT2D eigenvalue weighted by Gasteiger charge is 2.22. The van der Waals surface area contributed by atoms with E-state index in [0.29, 0.717) is 17.4 Å². The first-order valence-corrected chi connectivity index (χ1v) is 37.8. The van der Waals surface area contributed by atoms with Crippen molar-refractivity contribution in [1.29, 1.82) is 0 Å². The number of carbonyl (C=O) groups excluding carboxylic acids is 2. The number of allylic oxidation sites excluding steroid dienone is 14. The number of ether oxygens (including phenoxy) is 2. The normalized spacial score (nSPS) is 13.6. The molecule has 0 aromatic heterocycles. The highest BCUT2D eigenvalue weighted by atomic mass is 31.2. The van der Waals surface area contributed by atoms with Gasteiger partial charge in [0.2, 0.25) is 0 Å². The van der Waals surface area contributed by atoms with Gasteiger partial charge in [0, 0.05) is 12.8 Å². The summed E-state index contributed by atoms with van der Waals surface area (Å²) in [6, 6.07) is 0. The fourth-order valence-electron chi connectivity index (χ4n) is 10.4. The number of unbranched alkanes of at least 4 members (excludes halogenated alkanes) is 39. The summed E-state index contributed by atoms with van der Waals surface area (Å²) in [7, 11) is 1.18. The molecule has 9 nitrogen and oxygen atoms in total. The minimum atomic E-state index is -4.64. The molecule has 0 aromatic rings. The molecule has 86 heavy (non-hydrogen) atoms. The summed E-state index contributed by atoms with van der Waals surface area (Å²) in [5.74, 6) is -0.820. The Morgan fingerprint density at radius 1 is 0.372 bits per heavy atom. The number of rotatable bonds is 67. The van der Waals surface area contributed by atoms with E-state index in [-0.39, 0.29) is 32.0 Å². The van der Waals surface area contributed by atoms with Crippen LogP contribution < -0.4 is 4.89 Å². The SMILES string of the molecule is CC/C=C\C/C=C\C/C=C\C/C=C\C/C=C\CCCCCCCCCCCCCCCCCCCCCCCC(=O)OC(COC(=O)CCCCCCCCCCCCCCC/C=C\C/C=C\CCCCCCC)COP(=O)([O-])OCC[N+](C)(C)C. The number of hydrogen-bond donors (Lipinski definition) is 0. The first-order chi connectivity index (χ1) is 42.0. The first-order valence-electron chi connectivity index (χ1n) is 36.3. The fraction of sp³-hybridized carbons (Fsp3) is 0.789. The third-order valence-corrected chi connectivity index (χ3v) is 16.9. The number of likely N-dealkylation sites (N-methyl/N-ethyl adjacent to an activating group) is 1. The molecule has 0 aliphatic carbocycles. The van der Waals surface area contributed by atoms with Crippen LogP contribution in [0.25, 0.3) is 0 Å². The van der Waals surface area contributed by atoms with Crippen molar-refractivity contribution in [2.45, 2.75) is 341 Å². The molecule has 500 valence electrons. The lowest BCUT2D eigenvalue weighted by molar-refractivity contribution is -0.870. The molecule has 0 aliphatic rings. The quantitative estimate of drug-likeness (QED) is 0.0195. The van der Waals surface area contributed by atoms with Crippen LogP contribution in [0.2, 0.25) is 0 Å². The third-order valence-electron chi connectivity index (χ3n) is 15.9. The summed E-state index contributed by atoms with van der Waals surface area (Å²) in [6.07, 6.45) is 91.0. The standard InChI is InChI=1S/C76H138NO8P/c1-6-8-10-12-14-16-18-20-22-24-26-28-30-32-33-34-35-36-37-38-39-40-41-42-43-45-47-49-51-53-55-57-59-61-63-65-67-69-76(79)85-74(73-84-86(80,81)83-71-70-77(3,4)5)72-82-75(78)68-66-64-62-60-58-56-54-52-50-48-46-44-31-29-27-25-23-21-19-17-15-13-11-9-7-2/h8,10,14,16,19-22,25-28,32-33,74H,6-7,9,11-13,15,17-18,23-24,29-31,34-73H2,1-5H3/b10-8-,16-14-,21-19-,22-20-,27-25-,28-26-,33-32-. The number of esters is 2. The number of phosphoric ester groups is 1. The van der Waals surface area contributed by atoms with Gasteiger partial charge in [-0.15, -0.1) is 0 Å². The van der Waals surface area contributed by atoms with Gasteiger partial charge in [0.25, 0.3) is 7.82 Å². The van der Waals surface area contributed by atoms with Crippen LogP contribution in [0.4, 0.5) is 0 Å². The van der Waals surface area contributed by atoms with E-state index in [9.17, 15) is 19.0 Å². The molecular weight excluding hydrogens is 1090 g/mol. The minimum Gasteiger partial charge on any atom is -0.756 e. The molecule has 0 aliphatic heterocycles. The monoisotopic (exact) mass is 1220 g/mol. The Labute approximate surface area is 532 Å². The van der Waals surface area contributed by atoms with Crippen LogP contribution in [0, 0.1) is 0 Å². The Kier molecular flexibility index (Phi) is 64.4. The lowest BCUT2D eigenvalue weighted by Gasteiger charge is -2.28. The van der Waals surface area contributed by atoms with Crippen LogP contribution in [-0.4, -0.2) is 70.0 Å². The molecular formula is C76H138NO8P. The molecule has 2 unspecified atom stereocenters. The van der Waals surface area contributed by atoms with Crippen LogP contribution >= 0.6 is 7.82 Å². The van der Waals surface area contributed by atoms with Crippen LogP contribution in [-0.2, 0) is 32.7 Å². The summed E-state index contributed by atoms with van der Waals surface area (Å²) in [5.41, 5.74) is 0. The summed E-state index contributed by atoms with van der Waals surface area (Å²) in [4.78, 5) is 38.1. The van der Waals surface area contributed by atoms with E-state index in [1.807, 2.05) is 21.1 Å². The molecule has 0 heterocycles. The maximum absolute atomic E-state index is 12.9. The van der Waals surface area contributed by atoms with Crippen LogP contribution in [0.1, 0.15) is 335 Å². The lowest BCUT2D eigenvalue weighted by Crippen LogP contribution is -2.37. The number of nitrogens with zero attached hydrogens (tertiary/aromatic N) is 1. The summed E-state index contributed by atoms with van der Waals surface area (Å²) in [6.45, 7) is 4.16. The molecule has 0 spiro atoms. The highest BCUT2D eigenvalue weighted by molar-refractivity contribution is 7.45. The van der Waals surface area contributed by atoms with Crippen molar-refractivity contribution in [3.63, 3.8) is 0 Å². The van der Waals surface area contributed by atoms with E-state index in [1.54, 1.807) is 0 Å². The van der Waals surface area contributed by atoms with Gasteiger partial charge in [0.1, 0.15) is 19.8 Å². The smallest absolute Gasteiger partial charge is 0.306 e. The second-order valence-corrected chi connectivity index (χ2v) is 27.0. The van der Waals surface area contributed by atoms with Crippen molar-refractivity contribution in [1.82, 2.24) is 0 Å². The van der Waals surface area contributed by atoms with Gasteiger partial charge in [0.15, 0.2) is 6.10 Å². The summed E-state index contributed by atoms with van der Waals surface area (Å²) in [5, 5.41) is 0. The largest absolute Gasteiger partial charge is 0.756 e. The Morgan fingerprint density at radius 2 is 0.663 bits per heavy atom. The van der Waals surface area contributed by atoms with E-state index in [1.165, 1.54) is 225 Å². The van der Waals surface area contributed by atoms with Crippen molar-refractivity contribution in [2.24, 2.45) is 0 Å². The number of phosphoric acid groups is 1. The zero-order chi connectivity index (χ0) is 62.6. The number of quaternary nitrogens is 1. The van der Waals surface area contributed by atoms with E-state index < -0.39 is 26.5 Å². The number of hydrogen-bond acceptors (Lipinski definition) is 8. The van der Waals surface area contributed by atoms with Crippen molar-refractivity contribution in [3.8, 4) is 0 Å². The molecule has 0 N–H and O–H groups in total. The van der Waals surface area contributed by atoms with Gasteiger partial charge in [0.05, 0.1) is 27.7 Å². The van der Waals surface area contributed by atoms with Gasteiger partial charge in [-0.05, 0) is 89.9 Å². The Bertz CT molecular complexity index is 1730. The van der Waals surface area contributed by atoms with Gasteiger partial charge in [-0.1, -0.05) is 317 Å². The second kappa shape index (κ2) is 66.6. The minimum absolute atomic E-state index is 0.0310. The second-order valence-electron chi connectivity index (χ2n) is 25.6. The molecule has 2 atom stereocenters. The molecule has 10 heteroatoms. The molecule has 0 saturated heterocycles. The van der Waals surface area contributed by atoms with Crippen molar-refractivity contribution in [2.75, 3.05) is 47.5 Å². The molecule has 0 aromatic carbocycles. The molecule has 0 amide bonds. The van der Waals surface area contributed by atoms with Crippen LogP contribution in [0.5, 0.6) is 0 Å². The van der Waals surface area contributed by atoms with Gasteiger partial charge in [-0.2, -0.15) is 0 Å². The predicted molar refractivity (Wildman–Crippen MR) is 369 cm³/mol. The molecule has 0 rings (SSSR count). The third kappa shape index (κ3) is 70.3. The Balaban J connectivity index is 3.98. The molecule has 0 saturated carbocycles. The average molecular weight is 1220 g/mol. The van der Waals surface area contributed by atoms with Gasteiger partial charge in [-0.25, -0.2) is 0 Å². The van der Waals surface area contributed by atoms with Gasteiger partial charge >= 0.3 is 11.9 Å². The van der Waals surface area contributed by atoms with E-state index >= 15 is 0 Å². The molecule has 0 fully saturated rings. The fourth-order valence-corrected chi connectivity index (χ4v) is 11.1. The van der Waals surface area contributed by atoms with Crippen LogP contribution in [0.15, 0.2) is 85.1 Å². The lowest BCUT2D eigenvalue weighted by atomic mass is 10.0. The van der Waals surface area contributed by atoms with Crippen molar-refractivity contribution in [3.05, 3.63) is 85.1 Å². The zero-order valence-corrected chi connectivity index (χ0v) is 57.9. The zero-order valence-electron chi connectivity index (χ0n) is 57.0. The van der Waals surface area contributed by atoms with Crippen molar-refractivity contribution >= 4 is 19.8 Å². The van der Waals surface area contributed by atoms with E-state index in [2.05, 4.69) is 98.9 Å². The highest BCUT2D eigenvalue weighted by Crippen LogP contribution is 2.38. The van der Waals surface area contributed by atoms with Gasteiger partial charge < -0.3 is 27.9 Å².